The Bertz CT molecular complexity index is 1270. The van der Waals surface area contributed by atoms with Crippen molar-refractivity contribution in [1.29, 1.82) is 0 Å². The standard InChI is InChI=1S/C29H32N3O6.BrH/c1-2-36-28(34)23-17-25(38-31-23)24(33)18-32-15-13-20(14-16-32)26(19-32)37-29(35)27(21-9-5-3-6-10-21)30-22-11-7-4-8-12-22;/h3-12,17,20,26-27,30H,2,13-16,18-19H2,1H3;1H/q+1;/p-1/t20?,26-,27+,32?;/m0./s1. The molecule has 0 spiro atoms. The first kappa shape index (κ1) is 28.5. The number of hydrogen-bond acceptors (Lipinski definition) is 8. The molecule has 0 unspecified atom stereocenters. The third-order valence-electron chi connectivity index (χ3n) is 7.51. The lowest BCUT2D eigenvalue weighted by Gasteiger charge is -2.51. The van der Waals surface area contributed by atoms with Gasteiger partial charge < -0.3 is 40.8 Å². The molecule has 39 heavy (non-hydrogen) atoms. The van der Waals surface area contributed by atoms with Crippen LogP contribution in [-0.2, 0) is 14.3 Å². The van der Waals surface area contributed by atoms with Crippen LogP contribution >= 0.6 is 0 Å². The molecule has 0 aliphatic carbocycles. The Labute approximate surface area is 237 Å². The quantitative estimate of drug-likeness (QED) is 0.210. The maximum Gasteiger partial charge on any atom is 0.360 e. The van der Waals surface area contributed by atoms with E-state index in [2.05, 4.69) is 10.5 Å². The maximum atomic E-state index is 13.5. The number of nitrogens with one attached hydrogen (secondary N) is 1. The molecule has 0 amide bonds. The lowest BCUT2D eigenvalue weighted by Crippen LogP contribution is -3.00. The lowest BCUT2D eigenvalue weighted by molar-refractivity contribution is -0.938. The number of halogens is 1. The summed E-state index contributed by atoms with van der Waals surface area (Å²) in [6.07, 6.45) is 1.46. The largest absolute Gasteiger partial charge is 1.00 e. The number of hydrogen-bond donors (Lipinski definition) is 1. The molecule has 2 bridgehead atoms. The van der Waals surface area contributed by atoms with Crippen LogP contribution in [0.5, 0.6) is 0 Å². The van der Waals surface area contributed by atoms with Crippen LogP contribution in [0.2, 0.25) is 0 Å². The van der Waals surface area contributed by atoms with E-state index >= 15 is 0 Å². The van der Waals surface area contributed by atoms with Crippen LogP contribution < -0.4 is 22.3 Å². The van der Waals surface area contributed by atoms with Crippen molar-refractivity contribution < 1.29 is 49.8 Å². The average Bonchev–Trinajstić information content (AvgIpc) is 3.44. The summed E-state index contributed by atoms with van der Waals surface area (Å²) in [7, 11) is 0. The van der Waals surface area contributed by atoms with Gasteiger partial charge in [0, 0.05) is 30.5 Å². The SMILES string of the molecule is CCOC(=O)c1cc(C(=O)C[N+]23CCC(CC2)[C@@H](OC(=O)[C@H](Nc2ccccc2)c2ccccc2)C3)on1.[Br-]. The second-order valence-corrected chi connectivity index (χ2v) is 10.0. The van der Waals surface area contributed by atoms with E-state index in [9.17, 15) is 14.4 Å². The van der Waals surface area contributed by atoms with Gasteiger partial charge in [0.25, 0.3) is 5.78 Å². The second kappa shape index (κ2) is 12.6. The predicted molar refractivity (Wildman–Crippen MR) is 138 cm³/mol. The number of rotatable bonds is 10. The number of quaternary nitrogens is 1. The Morgan fingerprint density at radius 2 is 1.72 bits per heavy atom. The minimum absolute atomic E-state index is 0. The van der Waals surface area contributed by atoms with E-state index in [0.29, 0.717) is 11.0 Å². The highest BCUT2D eigenvalue weighted by Gasteiger charge is 2.49. The van der Waals surface area contributed by atoms with Gasteiger partial charge in [-0.15, -0.1) is 0 Å². The number of piperidine rings is 3. The van der Waals surface area contributed by atoms with Crippen molar-refractivity contribution in [1.82, 2.24) is 5.16 Å². The van der Waals surface area contributed by atoms with E-state index in [-0.39, 0.29) is 65.4 Å². The van der Waals surface area contributed by atoms with Gasteiger partial charge >= 0.3 is 11.9 Å². The van der Waals surface area contributed by atoms with Crippen LogP contribution in [0, 0.1) is 5.92 Å². The monoisotopic (exact) mass is 597 g/mol. The number of carbonyl (C=O) groups is 3. The van der Waals surface area contributed by atoms with Gasteiger partial charge in [-0.3, -0.25) is 4.79 Å². The molecule has 1 aromatic heterocycles. The number of ether oxygens (including phenoxy) is 2. The van der Waals surface area contributed by atoms with E-state index in [1.165, 1.54) is 6.07 Å². The zero-order chi connectivity index (χ0) is 26.5. The number of carbonyl (C=O) groups excluding carboxylic acids is 3. The van der Waals surface area contributed by atoms with Gasteiger partial charge in [-0.25, -0.2) is 9.59 Å². The number of para-hydroxylation sites is 1. The summed E-state index contributed by atoms with van der Waals surface area (Å²) in [6.45, 7) is 4.32. The van der Waals surface area contributed by atoms with Gasteiger partial charge in [-0.05, 0) is 24.6 Å². The van der Waals surface area contributed by atoms with Gasteiger partial charge in [0.2, 0.25) is 5.76 Å². The number of nitrogens with zero attached hydrogens (tertiary/aromatic N) is 2. The third kappa shape index (κ3) is 6.57. The number of fused-ring (bicyclic) bond motifs is 3. The van der Waals surface area contributed by atoms with Crippen molar-refractivity contribution in [2.75, 3.05) is 38.1 Å². The van der Waals surface area contributed by atoms with Crippen LogP contribution in [-0.4, -0.2) is 66.3 Å². The highest BCUT2D eigenvalue weighted by molar-refractivity contribution is 5.97. The molecule has 2 atom stereocenters. The molecule has 6 rings (SSSR count). The van der Waals surface area contributed by atoms with Gasteiger partial charge in [0.05, 0.1) is 19.7 Å². The highest BCUT2D eigenvalue weighted by atomic mass is 79.9. The normalized spacial score (nSPS) is 22.3. The summed E-state index contributed by atoms with van der Waals surface area (Å²) < 4.78 is 16.8. The summed E-state index contributed by atoms with van der Waals surface area (Å²) in [5.41, 5.74) is 1.64. The Morgan fingerprint density at radius 1 is 1.05 bits per heavy atom. The lowest BCUT2D eigenvalue weighted by atomic mass is 9.83. The van der Waals surface area contributed by atoms with Crippen molar-refractivity contribution >= 4 is 23.4 Å². The van der Waals surface area contributed by atoms with E-state index < -0.39 is 12.0 Å². The molecule has 206 valence electrons. The Morgan fingerprint density at radius 3 is 2.38 bits per heavy atom. The first-order valence-corrected chi connectivity index (χ1v) is 13.1. The van der Waals surface area contributed by atoms with Gasteiger partial charge in [-0.2, -0.15) is 0 Å². The van der Waals surface area contributed by atoms with Crippen molar-refractivity contribution in [2.45, 2.75) is 31.9 Å². The summed E-state index contributed by atoms with van der Waals surface area (Å²) >= 11 is 0. The van der Waals surface area contributed by atoms with Crippen molar-refractivity contribution in [3.63, 3.8) is 0 Å². The van der Waals surface area contributed by atoms with Crippen LogP contribution in [0.1, 0.15) is 52.4 Å². The highest BCUT2D eigenvalue weighted by Crippen LogP contribution is 2.37. The fourth-order valence-electron chi connectivity index (χ4n) is 5.51. The number of benzene rings is 2. The Kier molecular flexibility index (Phi) is 9.19. The van der Waals surface area contributed by atoms with Crippen LogP contribution in [0.4, 0.5) is 5.69 Å². The van der Waals surface area contributed by atoms with Gasteiger partial charge in [0.1, 0.15) is 13.1 Å². The molecule has 0 radical (unpaired) electrons. The number of ketones is 1. The molecule has 3 saturated heterocycles. The molecular formula is C29H32BrN3O6. The molecule has 3 aliphatic rings. The first-order valence-electron chi connectivity index (χ1n) is 13.1. The fraction of sp³-hybridized carbons (Fsp3) is 0.379. The topological polar surface area (TPSA) is 108 Å². The minimum Gasteiger partial charge on any atom is -1.00 e. The van der Waals surface area contributed by atoms with Crippen LogP contribution in [0.25, 0.3) is 0 Å². The van der Waals surface area contributed by atoms with Gasteiger partial charge in [0.15, 0.2) is 17.8 Å². The predicted octanol–water partition coefficient (Wildman–Crippen LogP) is 1.04. The fourth-order valence-corrected chi connectivity index (χ4v) is 5.51. The Balaban J connectivity index is 0.00000353. The van der Waals surface area contributed by atoms with Crippen LogP contribution in [0.15, 0.2) is 71.3 Å². The molecule has 3 fully saturated rings. The second-order valence-electron chi connectivity index (χ2n) is 10.0. The Hall–Kier alpha value is -3.50. The summed E-state index contributed by atoms with van der Waals surface area (Å²) in [5, 5.41) is 7.01. The maximum absolute atomic E-state index is 13.5. The van der Waals surface area contributed by atoms with E-state index in [4.69, 9.17) is 14.0 Å². The molecular weight excluding hydrogens is 566 g/mol. The molecule has 10 heteroatoms. The molecule has 1 N–H and O–H groups in total. The number of aromatic nitrogens is 1. The van der Waals surface area contributed by atoms with Crippen molar-refractivity contribution in [3.8, 4) is 0 Å². The number of anilines is 1. The molecule has 9 nitrogen and oxygen atoms in total. The molecule has 2 aromatic carbocycles. The van der Waals surface area contributed by atoms with E-state index in [1.54, 1.807) is 6.92 Å². The average molecular weight is 598 g/mol. The molecule has 3 aliphatic heterocycles. The smallest absolute Gasteiger partial charge is 0.360 e. The van der Waals surface area contributed by atoms with E-state index in [0.717, 1.165) is 37.2 Å². The zero-order valence-electron chi connectivity index (χ0n) is 21.8. The summed E-state index contributed by atoms with van der Waals surface area (Å²) in [4.78, 5) is 38.5. The summed E-state index contributed by atoms with van der Waals surface area (Å²) in [5.74, 6) is -0.880. The van der Waals surface area contributed by atoms with Gasteiger partial charge in [-0.1, -0.05) is 53.7 Å². The third-order valence-corrected chi connectivity index (χ3v) is 7.51. The molecule has 3 aromatic rings. The summed E-state index contributed by atoms with van der Waals surface area (Å²) in [6, 6.07) is 19.8. The zero-order valence-corrected chi connectivity index (χ0v) is 23.3. The molecule has 0 saturated carbocycles. The van der Waals surface area contributed by atoms with Crippen molar-refractivity contribution in [2.24, 2.45) is 5.92 Å². The minimum atomic E-state index is -0.653. The van der Waals surface area contributed by atoms with Crippen LogP contribution in [0.3, 0.4) is 0 Å². The first-order chi connectivity index (χ1) is 18.5. The van der Waals surface area contributed by atoms with Crippen molar-refractivity contribution in [3.05, 3.63) is 83.7 Å². The number of esters is 2. The van der Waals surface area contributed by atoms with E-state index in [1.807, 2.05) is 60.7 Å². The number of Topliss-reactive ketones (excluding diaryl/α,β-unsaturated/α-hetero) is 1. The molecule has 4 heterocycles.